The Bertz CT molecular complexity index is 510. The number of aromatic nitrogens is 2. The Labute approximate surface area is 103 Å². The normalized spacial score (nSPS) is 11.1. The molecule has 1 aromatic rings. The number of aromatic amines is 1. The van der Waals surface area contributed by atoms with Crippen LogP contribution in [0, 0.1) is 4.64 Å². The number of nitrogens with one attached hydrogen (secondary N) is 1. The Morgan fingerprint density at radius 1 is 1.71 bits per heavy atom. The summed E-state index contributed by atoms with van der Waals surface area (Å²) < 4.78 is 4.87. The SMILES string of the molecule is COC(=O)/C(C)=N/N(C)c1cc(=S)nc(N)[nH]1. The number of esters is 1. The largest absolute Gasteiger partial charge is 0.464 e. The molecule has 0 saturated heterocycles. The fourth-order valence-electron chi connectivity index (χ4n) is 1.10. The average molecular weight is 255 g/mol. The van der Waals surface area contributed by atoms with E-state index in [9.17, 15) is 4.79 Å². The van der Waals surface area contributed by atoms with Gasteiger partial charge in [0, 0.05) is 13.1 Å². The van der Waals surface area contributed by atoms with Crippen LogP contribution < -0.4 is 10.7 Å². The Morgan fingerprint density at radius 2 is 2.35 bits per heavy atom. The van der Waals surface area contributed by atoms with Crippen molar-refractivity contribution in [3.05, 3.63) is 10.7 Å². The molecule has 0 aliphatic rings. The van der Waals surface area contributed by atoms with Crippen molar-refractivity contribution in [2.75, 3.05) is 24.9 Å². The predicted molar refractivity (Wildman–Crippen MR) is 67.4 cm³/mol. The molecular formula is C9H13N5O2S. The van der Waals surface area contributed by atoms with Crippen molar-refractivity contribution in [3.63, 3.8) is 0 Å². The van der Waals surface area contributed by atoms with Crippen LogP contribution in [-0.4, -0.2) is 35.8 Å². The van der Waals surface area contributed by atoms with Crippen molar-refractivity contribution < 1.29 is 9.53 Å². The molecule has 0 aromatic carbocycles. The summed E-state index contributed by atoms with van der Waals surface area (Å²) in [6.45, 7) is 1.54. The first-order valence-electron chi connectivity index (χ1n) is 4.68. The van der Waals surface area contributed by atoms with Crippen molar-refractivity contribution in [3.8, 4) is 0 Å². The van der Waals surface area contributed by atoms with Gasteiger partial charge < -0.3 is 15.5 Å². The van der Waals surface area contributed by atoms with Crippen LogP contribution in [-0.2, 0) is 9.53 Å². The van der Waals surface area contributed by atoms with Crippen LogP contribution in [0.25, 0.3) is 0 Å². The van der Waals surface area contributed by atoms with E-state index in [0.29, 0.717) is 10.5 Å². The van der Waals surface area contributed by atoms with Gasteiger partial charge in [0.1, 0.15) is 16.2 Å². The van der Waals surface area contributed by atoms with Crippen molar-refractivity contribution in [2.24, 2.45) is 5.10 Å². The van der Waals surface area contributed by atoms with Crippen LogP contribution >= 0.6 is 12.2 Å². The zero-order valence-electron chi connectivity index (χ0n) is 9.72. The van der Waals surface area contributed by atoms with Crippen molar-refractivity contribution in [1.29, 1.82) is 0 Å². The minimum absolute atomic E-state index is 0.185. The molecule has 0 spiro atoms. The standard InChI is InChI=1S/C9H13N5O2S/c1-5(8(15)16-3)13-14(2)6-4-7(17)12-9(10)11-6/h4H,1-3H3,(H3,10,11,12,17)/b13-5+. The number of rotatable bonds is 3. The quantitative estimate of drug-likeness (QED) is 0.357. The van der Waals surface area contributed by atoms with E-state index in [4.69, 9.17) is 18.0 Å². The lowest BCUT2D eigenvalue weighted by molar-refractivity contribution is -0.132. The third-order valence-electron chi connectivity index (χ3n) is 1.88. The molecule has 1 aromatic heterocycles. The van der Waals surface area contributed by atoms with Gasteiger partial charge in [0.2, 0.25) is 0 Å². The highest BCUT2D eigenvalue weighted by atomic mass is 32.1. The molecular weight excluding hydrogens is 242 g/mol. The molecule has 0 saturated carbocycles. The first-order chi connectivity index (χ1) is 7.93. The number of ether oxygens (including phenoxy) is 1. The number of carbonyl (C=O) groups is 1. The van der Waals surface area contributed by atoms with Crippen LogP contribution in [0.2, 0.25) is 0 Å². The maximum atomic E-state index is 11.2. The molecule has 0 aliphatic carbocycles. The first kappa shape index (κ1) is 13.1. The van der Waals surface area contributed by atoms with Crippen LogP contribution in [0.3, 0.4) is 0 Å². The number of hydrazone groups is 1. The fourth-order valence-corrected chi connectivity index (χ4v) is 1.31. The van der Waals surface area contributed by atoms with Crippen molar-refractivity contribution in [1.82, 2.24) is 9.97 Å². The highest BCUT2D eigenvalue weighted by molar-refractivity contribution is 7.71. The van der Waals surface area contributed by atoms with Gasteiger partial charge in [-0.1, -0.05) is 12.2 Å². The van der Waals surface area contributed by atoms with E-state index in [1.165, 1.54) is 12.1 Å². The molecule has 0 bridgehead atoms. The number of nitrogens with zero attached hydrogens (tertiary/aromatic N) is 3. The summed E-state index contributed by atoms with van der Waals surface area (Å²) in [5, 5.41) is 5.45. The third kappa shape index (κ3) is 3.52. The van der Waals surface area contributed by atoms with Gasteiger partial charge in [-0.3, -0.25) is 5.01 Å². The average Bonchev–Trinajstić information content (AvgIpc) is 2.26. The van der Waals surface area contributed by atoms with Gasteiger partial charge in [-0.2, -0.15) is 5.10 Å². The number of H-pyrrole nitrogens is 1. The van der Waals surface area contributed by atoms with Gasteiger partial charge in [-0.25, -0.2) is 9.78 Å². The zero-order valence-corrected chi connectivity index (χ0v) is 10.5. The lowest BCUT2D eigenvalue weighted by Gasteiger charge is -2.13. The van der Waals surface area contributed by atoms with Gasteiger partial charge in [-0.05, 0) is 6.92 Å². The molecule has 0 unspecified atom stereocenters. The van der Waals surface area contributed by atoms with Crippen LogP contribution in [0.4, 0.5) is 11.8 Å². The second kappa shape index (κ2) is 5.39. The van der Waals surface area contributed by atoms with E-state index < -0.39 is 5.97 Å². The summed E-state index contributed by atoms with van der Waals surface area (Å²) in [7, 11) is 2.94. The summed E-state index contributed by atoms with van der Waals surface area (Å²) in [5.41, 5.74) is 5.73. The second-order valence-electron chi connectivity index (χ2n) is 3.19. The van der Waals surface area contributed by atoms with Crippen LogP contribution in [0.1, 0.15) is 6.92 Å². The van der Waals surface area contributed by atoms with Crippen molar-refractivity contribution >= 4 is 35.7 Å². The van der Waals surface area contributed by atoms with Crippen LogP contribution in [0.15, 0.2) is 11.2 Å². The number of hydrogen-bond acceptors (Lipinski definition) is 7. The Morgan fingerprint density at radius 3 is 2.88 bits per heavy atom. The van der Waals surface area contributed by atoms with Gasteiger partial charge in [0.15, 0.2) is 5.95 Å². The highest BCUT2D eigenvalue weighted by Crippen LogP contribution is 2.10. The molecule has 0 fully saturated rings. The highest BCUT2D eigenvalue weighted by Gasteiger charge is 2.08. The maximum absolute atomic E-state index is 11.2. The van der Waals surface area contributed by atoms with Gasteiger partial charge in [-0.15, -0.1) is 0 Å². The minimum atomic E-state index is -0.502. The fraction of sp³-hybridized carbons (Fsp3) is 0.333. The third-order valence-corrected chi connectivity index (χ3v) is 2.09. The van der Waals surface area contributed by atoms with Crippen molar-refractivity contribution in [2.45, 2.75) is 6.92 Å². The molecule has 1 heterocycles. The second-order valence-corrected chi connectivity index (χ2v) is 3.61. The predicted octanol–water partition coefficient (Wildman–Crippen LogP) is 0.706. The molecule has 92 valence electrons. The number of hydrogen-bond donors (Lipinski definition) is 2. The molecule has 3 N–H and O–H groups in total. The Balaban J connectivity index is 3.01. The van der Waals surface area contributed by atoms with E-state index in [1.54, 1.807) is 20.0 Å². The number of anilines is 2. The zero-order chi connectivity index (χ0) is 13.0. The number of nitrogen functional groups attached to an aromatic ring is 1. The van der Waals surface area contributed by atoms with Crippen LogP contribution in [0.5, 0.6) is 0 Å². The lowest BCUT2D eigenvalue weighted by Crippen LogP contribution is -2.19. The molecule has 7 nitrogen and oxygen atoms in total. The summed E-state index contributed by atoms with van der Waals surface area (Å²) >= 11 is 4.92. The molecule has 0 amide bonds. The van der Waals surface area contributed by atoms with E-state index in [1.807, 2.05) is 0 Å². The van der Waals surface area contributed by atoms with Gasteiger partial charge in [0.05, 0.1) is 7.11 Å². The number of methoxy groups -OCH3 is 1. The minimum Gasteiger partial charge on any atom is -0.464 e. The maximum Gasteiger partial charge on any atom is 0.353 e. The van der Waals surface area contributed by atoms with E-state index in [2.05, 4.69) is 19.8 Å². The summed E-state index contributed by atoms with van der Waals surface area (Å²) in [5.74, 6) is 0.216. The van der Waals surface area contributed by atoms with E-state index in [-0.39, 0.29) is 11.7 Å². The van der Waals surface area contributed by atoms with E-state index >= 15 is 0 Å². The topological polar surface area (TPSA) is 96.6 Å². The van der Waals surface area contributed by atoms with Gasteiger partial charge >= 0.3 is 5.97 Å². The first-order valence-corrected chi connectivity index (χ1v) is 5.09. The molecule has 0 atom stereocenters. The van der Waals surface area contributed by atoms with Gasteiger partial charge in [0.25, 0.3) is 0 Å². The smallest absolute Gasteiger partial charge is 0.353 e. The van der Waals surface area contributed by atoms with E-state index in [0.717, 1.165) is 0 Å². The number of carbonyl (C=O) groups excluding carboxylic acids is 1. The monoisotopic (exact) mass is 255 g/mol. The molecule has 0 radical (unpaired) electrons. The molecule has 1 rings (SSSR count). The summed E-state index contributed by atoms with van der Waals surface area (Å²) in [6, 6.07) is 1.58. The number of nitrogens with two attached hydrogens (primary N) is 1. The Kier molecular flexibility index (Phi) is 4.16. The lowest BCUT2D eigenvalue weighted by atomic mass is 10.4. The molecule has 8 heteroatoms. The summed E-state index contributed by atoms with van der Waals surface area (Å²) in [4.78, 5) is 17.8. The Hall–Kier alpha value is -1.96. The molecule has 0 aliphatic heterocycles. The molecule has 17 heavy (non-hydrogen) atoms. The summed E-state index contributed by atoms with van der Waals surface area (Å²) in [6.07, 6.45) is 0.